The Bertz CT molecular complexity index is 140. The van der Waals surface area contributed by atoms with E-state index in [4.69, 9.17) is 0 Å². The Balaban J connectivity index is 4.41. The van der Waals surface area contributed by atoms with Crippen LogP contribution in [0.25, 0.3) is 0 Å². The van der Waals surface area contributed by atoms with E-state index in [2.05, 4.69) is 48.5 Å². The molecule has 0 amide bonds. The molecular weight excluding hydrogens is 156 g/mol. The predicted molar refractivity (Wildman–Crippen MR) is 61.9 cm³/mol. The molecule has 0 fully saturated rings. The first-order valence-corrected chi connectivity index (χ1v) is 5.75. The maximum Gasteiger partial charge on any atom is -0.0280 e. The molecule has 0 aliphatic heterocycles. The predicted octanol–water partition coefficient (Wildman–Crippen LogP) is 4.89. The Morgan fingerprint density at radius 2 is 1.46 bits per heavy atom. The molecule has 80 valence electrons. The maximum absolute atomic E-state index is 2.42. The van der Waals surface area contributed by atoms with Gasteiger partial charge in [-0.1, -0.05) is 61.3 Å². The average molecular weight is 184 g/mol. The first-order chi connectivity index (χ1) is 5.75. The molecule has 0 saturated carbocycles. The zero-order chi connectivity index (χ0) is 10.7. The highest BCUT2D eigenvalue weighted by Gasteiger charge is 2.38. The van der Waals surface area contributed by atoms with Crippen molar-refractivity contribution < 1.29 is 0 Å². The molecule has 0 aromatic heterocycles. The molecule has 13 heavy (non-hydrogen) atoms. The lowest BCUT2D eigenvalue weighted by Crippen LogP contribution is -2.36. The van der Waals surface area contributed by atoms with E-state index in [-0.39, 0.29) is 0 Å². The Morgan fingerprint density at radius 1 is 1.00 bits per heavy atom. The molecule has 0 aromatic carbocycles. The molecule has 0 N–H and O–H groups in total. The van der Waals surface area contributed by atoms with Crippen molar-refractivity contribution in [1.29, 1.82) is 0 Å². The smallest absolute Gasteiger partial charge is 0.0280 e. The minimum absolute atomic E-state index is 0.447. The van der Waals surface area contributed by atoms with E-state index >= 15 is 0 Å². The van der Waals surface area contributed by atoms with Gasteiger partial charge in [-0.3, -0.25) is 0 Å². The van der Waals surface area contributed by atoms with Gasteiger partial charge in [-0.05, 0) is 23.2 Å². The maximum atomic E-state index is 2.42. The normalized spacial score (nSPS) is 13.8. The molecule has 0 rings (SSSR count). The lowest BCUT2D eigenvalue weighted by molar-refractivity contribution is 0.0456. The number of hydrogen-bond acceptors (Lipinski definition) is 0. The molecule has 0 nitrogen and oxygen atoms in total. The first-order valence-electron chi connectivity index (χ1n) is 5.75. The van der Waals surface area contributed by atoms with Crippen LogP contribution in [0.3, 0.4) is 0 Å². The second-order valence-electron chi connectivity index (χ2n) is 5.86. The number of rotatable bonds is 5. The average Bonchev–Trinajstić information content (AvgIpc) is 2.00. The molecule has 0 atom stereocenters. The van der Waals surface area contributed by atoms with Gasteiger partial charge in [-0.2, -0.15) is 0 Å². The van der Waals surface area contributed by atoms with Crippen LogP contribution >= 0.6 is 0 Å². The van der Waals surface area contributed by atoms with Gasteiger partial charge in [-0.25, -0.2) is 0 Å². The summed E-state index contributed by atoms with van der Waals surface area (Å²) in [4.78, 5) is 0. The second kappa shape index (κ2) is 4.48. The topological polar surface area (TPSA) is 0 Å². The summed E-state index contributed by atoms with van der Waals surface area (Å²) in [5.41, 5.74) is 0.916. The van der Waals surface area contributed by atoms with E-state index in [1.165, 1.54) is 19.3 Å². The van der Waals surface area contributed by atoms with Gasteiger partial charge in [0, 0.05) is 0 Å². The number of hydrogen-bond donors (Lipinski definition) is 0. The van der Waals surface area contributed by atoms with Gasteiger partial charge in [0.1, 0.15) is 0 Å². The molecule has 0 unspecified atom stereocenters. The highest BCUT2D eigenvalue weighted by Crippen LogP contribution is 2.47. The van der Waals surface area contributed by atoms with E-state index in [0.717, 1.165) is 5.92 Å². The third-order valence-electron chi connectivity index (χ3n) is 4.34. The van der Waals surface area contributed by atoms with Gasteiger partial charge in [0.2, 0.25) is 0 Å². The fourth-order valence-electron chi connectivity index (χ4n) is 1.72. The van der Waals surface area contributed by atoms with E-state index in [1.54, 1.807) is 0 Å². The highest BCUT2D eigenvalue weighted by atomic mass is 14.4. The Kier molecular flexibility index (Phi) is 4.48. The van der Waals surface area contributed by atoms with Gasteiger partial charge < -0.3 is 0 Å². The van der Waals surface area contributed by atoms with Crippen LogP contribution < -0.4 is 0 Å². The van der Waals surface area contributed by atoms with Crippen molar-refractivity contribution in [2.24, 2.45) is 16.7 Å². The summed E-state index contributed by atoms with van der Waals surface area (Å²) in [7, 11) is 0. The van der Waals surface area contributed by atoms with Crippen molar-refractivity contribution in [3.05, 3.63) is 0 Å². The molecule has 0 heterocycles. The molecule has 0 aliphatic rings. The van der Waals surface area contributed by atoms with Gasteiger partial charge in [0.25, 0.3) is 0 Å². The summed E-state index contributed by atoms with van der Waals surface area (Å²) in [6, 6.07) is 0. The third kappa shape index (κ3) is 3.00. The summed E-state index contributed by atoms with van der Waals surface area (Å²) in [6.45, 7) is 16.6. The largest absolute Gasteiger partial charge is 0.0654 e. The van der Waals surface area contributed by atoms with Crippen LogP contribution in [0.15, 0.2) is 0 Å². The quantitative estimate of drug-likeness (QED) is 0.571. The second-order valence-corrected chi connectivity index (χ2v) is 5.86. The van der Waals surface area contributed by atoms with Crippen LogP contribution in [0.1, 0.15) is 67.7 Å². The molecule has 0 spiro atoms. The minimum atomic E-state index is 0.447. The summed E-state index contributed by atoms with van der Waals surface area (Å²) >= 11 is 0. The number of unbranched alkanes of at least 4 members (excludes halogenated alkanes) is 1. The standard InChI is InChI=1S/C13H28/c1-8-9-10-12(4,5)13(6,7)11(2)3/h11H,8-10H2,1-7H3. The van der Waals surface area contributed by atoms with Crippen molar-refractivity contribution >= 4 is 0 Å². The molecule has 0 radical (unpaired) electrons. The monoisotopic (exact) mass is 184 g/mol. The van der Waals surface area contributed by atoms with Crippen molar-refractivity contribution in [2.45, 2.75) is 67.7 Å². The fourth-order valence-corrected chi connectivity index (χ4v) is 1.72. The molecule has 0 aromatic rings. The molecular formula is C13H28. The van der Waals surface area contributed by atoms with Crippen LogP contribution in [0.2, 0.25) is 0 Å². The van der Waals surface area contributed by atoms with E-state index in [9.17, 15) is 0 Å². The highest BCUT2D eigenvalue weighted by molar-refractivity contribution is 4.87. The first kappa shape index (κ1) is 13.0. The Hall–Kier alpha value is 0. The van der Waals surface area contributed by atoms with Crippen molar-refractivity contribution in [1.82, 2.24) is 0 Å². The summed E-state index contributed by atoms with van der Waals surface area (Å²) < 4.78 is 0. The molecule has 0 saturated heterocycles. The Morgan fingerprint density at radius 3 is 1.77 bits per heavy atom. The summed E-state index contributed by atoms with van der Waals surface area (Å²) in [5, 5.41) is 0. The fraction of sp³-hybridized carbons (Fsp3) is 1.00. The lowest BCUT2D eigenvalue weighted by Gasteiger charge is -2.45. The van der Waals surface area contributed by atoms with Gasteiger partial charge in [0.15, 0.2) is 0 Å². The van der Waals surface area contributed by atoms with Crippen LogP contribution in [0, 0.1) is 16.7 Å². The van der Waals surface area contributed by atoms with Gasteiger partial charge >= 0.3 is 0 Å². The molecule has 0 bridgehead atoms. The van der Waals surface area contributed by atoms with Crippen LogP contribution in [0.4, 0.5) is 0 Å². The van der Waals surface area contributed by atoms with Crippen molar-refractivity contribution in [3.8, 4) is 0 Å². The molecule has 0 aliphatic carbocycles. The summed E-state index contributed by atoms with van der Waals surface area (Å²) in [5.74, 6) is 0.763. The zero-order valence-electron chi connectivity index (χ0n) is 10.7. The SMILES string of the molecule is CCCCC(C)(C)C(C)(C)C(C)C. The van der Waals surface area contributed by atoms with Crippen molar-refractivity contribution in [2.75, 3.05) is 0 Å². The van der Waals surface area contributed by atoms with E-state index in [0.29, 0.717) is 10.8 Å². The van der Waals surface area contributed by atoms with Crippen LogP contribution in [-0.2, 0) is 0 Å². The van der Waals surface area contributed by atoms with E-state index < -0.39 is 0 Å². The Labute approximate surface area is 85.1 Å². The lowest BCUT2D eigenvalue weighted by atomic mass is 9.60. The minimum Gasteiger partial charge on any atom is -0.0654 e. The van der Waals surface area contributed by atoms with E-state index in [1.807, 2.05) is 0 Å². The van der Waals surface area contributed by atoms with Crippen LogP contribution in [-0.4, -0.2) is 0 Å². The zero-order valence-corrected chi connectivity index (χ0v) is 10.7. The van der Waals surface area contributed by atoms with Gasteiger partial charge in [0.05, 0.1) is 0 Å². The van der Waals surface area contributed by atoms with Crippen molar-refractivity contribution in [3.63, 3.8) is 0 Å². The van der Waals surface area contributed by atoms with Crippen LogP contribution in [0.5, 0.6) is 0 Å². The van der Waals surface area contributed by atoms with Gasteiger partial charge in [-0.15, -0.1) is 0 Å². The molecule has 0 heteroatoms. The third-order valence-corrected chi connectivity index (χ3v) is 4.34. The summed E-state index contributed by atoms with van der Waals surface area (Å²) in [6.07, 6.45) is 4.04.